The zero-order valence-electron chi connectivity index (χ0n) is 14.4. The molecule has 5 nitrogen and oxygen atoms in total. The third-order valence-electron chi connectivity index (χ3n) is 4.73. The fraction of sp³-hybridized carbons (Fsp3) is 0.500. The van der Waals surface area contributed by atoms with Crippen LogP contribution in [-0.2, 0) is 17.5 Å². The van der Waals surface area contributed by atoms with Crippen molar-refractivity contribution in [2.45, 2.75) is 25.6 Å². The number of thioether (sulfide) groups is 1. The Balaban J connectivity index is 1.45. The van der Waals surface area contributed by atoms with Crippen molar-refractivity contribution in [3.8, 4) is 11.4 Å². The lowest BCUT2D eigenvalue weighted by Crippen LogP contribution is -2.42. The summed E-state index contributed by atoms with van der Waals surface area (Å²) in [6.45, 7) is 1.29. The summed E-state index contributed by atoms with van der Waals surface area (Å²) in [5, 5.41) is 3.39. The number of benzene rings is 1. The molecule has 1 aromatic carbocycles. The van der Waals surface area contributed by atoms with Gasteiger partial charge in [0.1, 0.15) is 0 Å². The van der Waals surface area contributed by atoms with Crippen molar-refractivity contribution in [3.63, 3.8) is 0 Å². The van der Waals surface area contributed by atoms with E-state index in [-0.39, 0.29) is 17.6 Å². The van der Waals surface area contributed by atoms with E-state index in [4.69, 9.17) is 0 Å². The molecule has 1 aliphatic heterocycles. The predicted molar refractivity (Wildman–Crippen MR) is 93.7 cm³/mol. The van der Waals surface area contributed by atoms with Crippen molar-refractivity contribution in [3.05, 3.63) is 35.7 Å². The van der Waals surface area contributed by atoms with Crippen molar-refractivity contribution < 1.29 is 22.5 Å². The molecule has 0 bridgehead atoms. The van der Waals surface area contributed by atoms with E-state index in [0.29, 0.717) is 18.0 Å². The number of rotatable bonds is 6. The topological polar surface area (TPSA) is 59.2 Å². The van der Waals surface area contributed by atoms with Crippen LogP contribution in [-0.4, -0.2) is 39.0 Å². The number of carbonyl (C=O) groups excluding carboxylic acids is 1. The first kappa shape index (κ1) is 18.3. The Hall–Kier alpha value is -2.03. The molecule has 1 aliphatic carbocycles. The number of amides is 1. The van der Waals surface area contributed by atoms with Gasteiger partial charge in [0.15, 0.2) is 0 Å². The molecule has 0 radical (unpaired) electrons. The Labute approximate surface area is 158 Å². The predicted octanol–water partition coefficient (Wildman–Crippen LogP) is 3.86. The van der Waals surface area contributed by atoms with Crippen LogP contribution in [0.1, 0.15) is 24.3 Å². The number of carbonyl (C=O) groups is 1. The smallest absolute Gasteiger partial charge is 0.338 e. The maximum Gasteiger partial charge on any atom is 0.471 e. The Morgan fingerprint density at radius 2 is 1.93 bits per heavy atom. The average Bonchev–Trinajstić information content (AvgIpc) is 3.24. The van der Waals surface area contributed by atoms with Crippen LogP contribution in [0.25, 0.3) is 11.4 Å². The third-order valence-corrected chi connectivity index (χ3v) is 6.00. The SMILES string of the molecule is O=C(C1CSC1)N(Cc1ccc(-c2noc(C(F)(F)F)n2)cc1)CC1CC1. The summed E-state index contributed by atoms with van der Waals surface area (Å²) in [6, 6.07) is 6.89. The fourth-order valence-corrected chi connectivity index (χ4v) is 3.67. The molecule has 1 saturated heterocycles. The Morgan fingerprint density at radius 3 is 2.44 bits per heavy atom. The highest BCUT2D eigenvalue weighted by atomic mass is 32.2. The molecular weight excluding hydrogens is 379 g/mol. The van der Waals surface area contributed by atoms with E-state index < -0.39 is 12.1 Å². The van der Waals surface area contributed by atoms with Crippen molar-refractivity contribution in [1.82, 2.24) is 15.0 Å². The molecule has 0 N–H and O–H groups in total. The van der Waals surface area contributed by atoms with Crippen LogP contribution in [0.4, 0.5) is 13.2 Å². The summed E-state index contributed by atoms with van der Waals surface area (Å²) >= 11 is 1.78. The Kier molecular flexibility index (Phi) is 4.88. The minimum atomic E-state index is -4.66. The maximum absolute atomic E-state index is 12.7. The molecule has 9 heteroatoms. The normalized spacial score (nSPS) is 17.6. The van der Waals surface area contributed by atoms with Crippen molar-refractivity contribution in [2.75, 3.05) is 18.1 Å². The van der Waals surface area contributed by atoms with Gasteiger partial charge in [-0.2, -0.15) is 29.9 Å². The van der Waals surface area contributed by atoms with Gasteiger partial charge in [-0.25, -0.2) is 0 Å². The maximum atomic E-state index is 12.7. The first-order valence-corrected chi connectivity index (χ1v) is 9.92. The molecule has 0 spiro atoms. The number of aromatic nitrogens is 2. The van der Waals surface area contributed by atoms with Gasteiger partial charge in [0.25, 0.3) is 0 Å². The van der Waals surface area contributed by atoms with Crippen LogP contribution in [0.5, 0.6) is 0 Å². The highest BCUT2D eigenvalue weighted by Crippen LogP contribution is 2.33. The van der Waals surface area contributed by atoms with Crippen molar-refractivity contribution >= 4 is 17.7 Å². The van der Waals surface area contributed by atoms with Crippen LogP contribution in [0.2, 0.25) is 0 Å². The molecule has 1 amide bonds. The molecule has 2 aromatic rings. The standard InChI is InChI=1S/C18H18F3N3O2S/c19-18(20,21)17-22-15(23-26-17)13-5-3-12(4-6-13)8-24(7-11-1-2-11)16(25)14-9-27-10-14/h3-6,11,14H,1-2,7-10H2. The molecule has 0 atom stereocenters. The average molecular weight is 397 g/mol. The van der Waals surface area contributed by atoms with E-state index in [0.717, 1.165) is 23.6 Å². The summed E-state index contributed by atoms with van der Waals surface area (Å²) in [5.41, 5.74) is 1.37. The van der Waals surface area contributed by atoms with E-state index >= 15 is 0 Å². The van der Waals surface area contributed by atoms with Gasteiger partial charge in [-0.3, -0.25) is 4.79 Å². The lowest BCUT2D eigenvalue weighted by Gasteiger charge is -2.31. The van der Waals surface area contributed by atoms with E-state index in [1.165, 1.54) is 12.8 Å². The molecule has 2 fully saturated rings. The van der Waals surface area contributed by atoms with E-state index in [2.05, 4.69) is 14.7 Å². The summed E-state index contributed by atoms with van der Waals surface area (Å²) in [6.07, 6.45) is -2.32. The first-order chi connectivity index (χ1) is 12.9. The van der Waals surface area contributed by atoms with Crippen LogP contribution >= 0.6 is 11.8 Å². The number of alkyl halides is 3. The molecule has 144 valence electrons. The minimum Gasteiger partial charge on any atom is -0.338 e. The number of halogens is 3. The Bertz CT molecular complexity index is 814. The monoisotopic (exact) mass is 397 g/mol. The number of nitrogens with zero attached hydrogens (tertiary/aromatic N) is 3. The molecule has 4 rings (SSSR count). The van der Waals surface area contributed by atoms with E-state index in [1.807, 2.05) is 4.90 Å². The number of hydrogen-bond donors (Lipinski definition) is 0. The molecule has 2 aliphatic rings. The van der Waals surface area contributed by atoms with Gasteiger partial charge < -0.3 is 9.42 Å². The molecule has 2 heterocycles. The largest absolute Gasteiger partial charge is 0.471 e. The molecule has 1 aromatic heterocycles. The van der Waals surface area contributed by atoms with Crippen LogP contribution in [0.3, 0.4) is 0 Å². The molecule has 0 unspecified atom stereocenters. The van der Waals surface area contributed by atoms with Gasteiger partial charge in [0.2, 0.25) is 11.7 Å². The second kappa shape index (κ2) is 7.18. The van der Waals surface area contributed by atoms with Gasteiger partial charge in [-0.15, -0.1) is 0 Å². The second-order valence-corrected chi connectivity index (χ2v) is 8.09. The minimum absolute atomic E-state index is 0.105. The lowest BCUT2D eigenvalue weighted by molar-refractivity contribution is -0.159. The summed E-state index contributed by atoms with van der Waals surface area (Å²) < 4.78 is 42.0. The molecule has 1 saturated carbocycles. The van der Waals surface area contributed by atoms with Crippen molar-refractivity contribution in [2.24, 2.45) is 11.8 Å². The molecule has 27 heavy (non-hydrogen) atoms. The Morgan fingerprint density at radius 1 is 1.22 bits per heavy atom. The quantitative estimate of drug-likeness (QED) is 0.741. The lowest BCUT2D eigenvalue weighted by atomic mass is 10.1. The third kappa shape index (κ3) is 4.28. The van der Waals surface area contributed by atoms with Gasteiger partial charge in [0, 0.05) is 30.2 Å². The fourth-order valence-electron chi connectivity index (χ4n) is 2.92. The highest BCUT2D eigenvalue weighted by molar-refractivity contribution is 8.00. The first-order valence-electron chi connectivity index (χ1n) is 8.77. The van der Waals surface area contributed by atoms with Gasteiger partial charge in [0.05, 0.1) is 5.92 Å². The van der Waals surface area contributed by atoms with Crippen molar-refractivity contribution in [1.29, 1.82) is 0 Å². The van der Waals surface area contributed by atoms with E-state index in [9.17, 15) is 18.0 Å². The summed E-state index contributed by atoms with van der Waals surface area (Å²) in [4.78, 5) is 18.0. The summed E-state index contributed by atoms with van der Waals surface area (Å²) in [5.74, 6) is 1.23. The van der Waals surface area contributed by atoms with Crippen LogP contribution in [0, 0.1) is 11.8 Å². The van der Waals surface area contributed by atoms with Gasteiger partial charge >= 0.3 is 12.1 Å². The highest BCUT2D eigenvalue weighted by Gasteiger charge is 2.38. The number of hydrogen-bond acceptors (Lipinski definition) is 5. The van der Waals surface area contributed by atoms with Crippen LogP contribution in [0.15, 0.2) is 28.8 Å². The van der Waals surface area contributed by atoms with Crippen LogP contribution < -0.4 is 0 Å². The summed E-state index contributed by atoms with van der Waals surface area (Å²) in [7, 11) is 0. The second-order valence-electron chi connectivity index (χ2n) is 7.01. The van der Waals surface area contributed by atoms with E-state index in [1.54, 1.807) is 36.0 Å². The van der Waals surface area contributed by atoms with Gasteiger partial charge in [-0.05, 0) is 24.3 Å². The molecular formula is C18H18F3N3O2S. The zero-order chi connectivity index (χ0) is 19.0. The van der Waals surface area contributed by atoms with Gasteiger partial charge in [-0.1, -0.05) is 29.4 Å². The zero-order valence-corrected chi connectivity index (χ0v) is 15.2.